The van der Waals surface area contributed by atoms with Crippen molar-refractivity contribution < 1.29 is 0 Å². The highest BCUT2D eigenvalue weighted by atomic mass is 32.2. The summed E-state index contributed by atoms with van der Waals surface area (Å²) in [5.41, 5.74) is 0. The Hall–Kier alpha value is 0.350. The fraction of sp³-hybridized carbons (Fsp3) is 1.00. The molecule has 0 aliphatic carbocycles. The van der Waals surface area contributed by atoms with Crippen molar-refractivity contribution in [2.75, 3.05) is 11.5 Å². The highest BCUT2D eigenvalue weighted by Gasteiger charge is 2.15. The molecular weight excluding hydrogens is 272 g/mol. The summed E-state index contributed by atoms with van der Waals surface area (Å²) in [6.45, 7) is 16.8. The van der Waals surface area contributed by atoms with E-state index in [9.17, 15) is 0 Å². The molecule has 0 saturated carbocycles. The van der Waals surface area contributed by atoms with Crippen LogP contribution in [-0.2, 0) is 0 Å². The Bertz CT molecular complexity index is 224. The summed E-state index contributed by atoms with van der Waals surface area (Å²) in [7, 11) is 0. The van der Waals surface area contributed by atoms with Crippen LogP contribution < -0.4 is 0 Å². The summed E-state index contributed by atoms with van der Waals surface area (Å²) in [6, 6.07) is 0. The second-order valence-electron chi connectivity index (χ2n) is 8.04. The molecule has 0 fully saturated rings. The Balaban J connectivity index is 3.62. The van der Waals surface area contributed by atoms with Crippen molar-refractivity contribution in [2.24, 2.45) is 29.6 Å². The molecule has 0 aromatic heterocycles. The zero-order valence-corrected chi connectivity index (χ0v) is 16.8. The summed E-state index contributed by atoms with van der Waals surface area (Å²) in [5.74, 6) is 7.17. The van der Waals surface area contributed by atoms with Crippen LogP contribution in [0.15, 0.2) is 0 Å². The van der Waals surface area contributed by atoms with Gasteiger partial charge in [0.15, 0.2) is 0 Å². The van der Waals surface area contributed by atoms with Gasteiger partial charge in [-0.2, -0.15) is 11.8 Å². The van der Waals surface area contributed by atoms with Crippen LogP contribution in [0.1, 0.15) is 87.0 Å². The highest BCUT2D eigenvalue weighted by Crippen LogP contribution is 2.26. The molecule has 0 radical (unpaired) electrons. The topological polar surface area (TPSA) is 0 Å². The monoisotopic (exact) mass is 314 g/mol. The molecule has 128 valence electrons. The van der Waals surface area contributed by atoms with Gasteiger partial charge in [0.1, 0.15) is 0 Å². The van der Waals surface area contributed by atoms with Gasteiger partial charge in [-0.05, 0) is 66.8 Å². The molecule has 0 heterocycles. The number of thioether (sulfide) groups is 1. The minimum absolute atomic E-state index is 0.860. The van der Waals surface area contributed by atoms with E-state index in [0.29, 0.717) is 0 Å². The van der Waals surface area contributed by atoms with E-state index in [4.69, 9.17) is 0 Å². The molecule has 0 bridgehead atoms. The van der Waals surface area contributed by atoms with Crippen molar-refractivity contribution >= 4 is 11.8 Å². The van der Waals surface area contributed by atoms with E-state index < -0.39 is 0 Å². The second kappa shape index (κ2) is 12.9. The van der Waals surface area contributed by atoms with E-state index in [0.717, 1.165) is 29.6 Å². The fourth-order valence-electron chi connectivity index (χ4n) is 3.37. The van der Waals surface area contributed by atoms with Crippen LogP contribution in [0.2, 0.25) is 0 Å². The Morgan fingerprint density at radius 2 is 1.38 bits per heavy atom. The molecule has 0 nitrogen and oxygen atoms in total. The molecule has 0 amide bonds. The predicted octanol–water partition coefficient (Wildman–Crippen LogP) is 7.28. The third-order valence-corrected chi connectivity index (χ3v) is 6.11. The molecular formula is C20H42S. The highest BCUT2D eigenvalue weighted by molar-refractivity contribution is 7.99. The number of hydrogen-bond donors (Lipinski definition) is 0. The zero-order valence-electron chi connectivity index (χ0n) is 16.0. The van der Waals surface area contributed by atoms with E-state index in [1.807, 2.05) is 0 Å². The van der Waals surface area contributed by atoms with Gasteiger partial charge in [-0.1, -0.05) is 61.3 Å². The fourth-order valence-corrected chi connectivity index (χ4v) is 4.61. The van der Waals surface area contributed by atoms with Gasteiger partial charge in [0, 0.05) is 0 Å². The summed E-state index contributed by atoms with van der Waals surface area (Å²) >= 11 is 2.19. The first kappa shape index (κ1) is 21.4. The summed E-state index contributed by atoms with van der Waals surface area (Å²) in [6.07, 6.45) is 8.38. The van der Waals surface area contributed by atoms with Crippen molar-refractivity contribution in [3.05, 3.63) is 0 Å². The van der Waals surface area contributed by atoms with Crippen LogP contribution >= 0.6 is 11.8 Å². The van der Waals surface area contributed by atoms with Gasteiger partial charge in [0.2, 0.25) is 0 Å². The normalized spacial score (nSPS) is 17.7. The maximum atomic E-state index is 2.46. The van der Waals surface area contributed by atoms with Crippen LogP contribution in [-0.4, -0.2) is 11.5 Å². The molecule has 0 saturated heterocycles. The summed E-state index contributed by atoms with van der Waals surface area (Å²) < 4.78 is 0. The third kappa shape index (κ3) is 12.6. The van der Waals surface area contributed by atoms with Crippen molar-refractivity contribution in [1.29, 1.82) is 0 Å². The molecule has 0 aromatic carbocycles. The lowest BCUT2D eigenvalue weighted by molar-refractivity contribution is 0.323. The Kier molecular flexibility index (Phi) is 13.1. The molecule has 1 heteroatoms. The van der Waals surface area contributed by atoms with Gasteiger partial charge in [-0.3, -0.25) is 0 Å². The van der Waals surface area contributed by atoms with E-state index in [1.54, 1.807) is 0 Å². The minimum Gasteiger partial charge on any atom is -0.162 e. The average molecular weight is 315 g/mol. The van der Waals surface area contributed by atoms with E-state index in [2.05, 4.69) is 60.2 Å². The van der Waals surface area contributed by atoms with Crippen LogP contribution in [0.5, 0.6) is 0 Å². The number of hydrogen-bond acceptors (Lipinski definition) is 1. The quantitative estimate of drug-likeness (QED) is 0.322. The van der Waals surface area contributed by atoms with Crippen LogP contribution in [0.25, 0.3) is 0 Å². The van der Waals surface area contributed by atoms with Gasteiger partial charge < -0.3 is 0 Å². The molecule has 4 unspecified atom stereocenters. The van der Waals surface area contributed by atoms with Crippen molar-refractivity contribution in [1.82, 2.24) is 0 Å². The van der Waals surface area contributed by atoms with Gasteiger partial charge >= 0.3 is 0 Å². The first-order valence-corrected chi connectivity index (χ1v) is 10.6. The zero-order chi connectivity index (χ0) is 16.3. The van der Waals surface area contributed by atoms with Crippen molar-refractivity contribution in [3.63, 3.8) is 0 Å². The van der Waals surface area contributed by atoms with Crippen LogP contribution in [0.4, 0.5) is 0 Å². The molecule has 0 N–H and O–H groups in total. The summed E-state index contributed by atoms with van der Waals surface area (Å²) in [4.78, 5) is 0. The van der Waals surface area contributed by atoms with E-state index in [-0.39, 0.29) is 0 Å². The SMILES string of the molecule is CCCC(C)CC(C)C(C)CSCCCC(C)CC(C)C. The molecule has 0 spiro atoms. The largest absolute Gasteiger partial charge is 0.162 e. The number of rotatable bonds is 13. The third-order valence-electron chi connectivity index (χ3n) is 4.77. The Labute approximate surface area is 140 Å². The maximum absolute atomic E-state index is 2.46. The Morgan fingerprint density at radius 1 is 0.762 bits per heavy atom. The van der Waals surface area contributed by atoms with Gasteiger partial charge in [0.05, 0.1) is 0 Å². The summed E-state index contributed by atoms with van der Waals surface area (Å²) in [5, 5.41) is 0. The van der Waals surface area contributed by atoms with Crippen LogP contribution in [0.3, 0.4) is 0 Å². The molecule has 0 aromatic rings. The molecule has 0 aliphatic heterocycles. The standard InChI is InChI=1S/C20H42S/c1-8-10-17(4)14-19(6)20(7)15-21-12-9-11-18(5)13-16(2)3/h16-20H,8-15H2,1-7H3. The van der Waals surface area contributed by atoms with Crippen molar-refractivity contribution in [3.8, 4) is 0 Å². The maximum Gasteiger partial charge on any atom is -0.00392 e. The Morgan fingerprint density at radius 3 is 1.95 bits per heavy atom. The van der Waals surface area contributed by atoms with Crippen LogP contribution in [0, 0.1) is 29.6 Å². The van der Waals surface area contributed by atoms with Gasteiger partial charge in [0.25, 0.3) is 0 Å². The molecule has 4 atom stereocenters. The lowest BCUT2D eigenvalue weighted by Crippen LogP contribution is -2.14. The average Bonchev–Trinajstić information content (AvgIpc) is 2.37. The second-order valence-corrected chi connectivity index (χ2v) is 9.19. The first-order chi connectivity index (χ1) is 9.86. The van der Waals surface area contributed by atoms with E-state index >= 15 is 0 Å². The van der Waals surface area contributed by atoms with E-state index in [1.165, 1.54) is 50.0 Å². The lowest BCUT2D eigenvalue weighted by atomic mass is 9.87. The molecule has 21 heavy (non-hydrogen) atoms. The smallest absolute Gasteiger partial charge is 0.00392 e. The van der Waals surface area contributed by atoms with Crippen molar-refractivity contribution in [2.45, 2.75) is 87.0 Å². The van der Waals surface area contributed by atoms with Gasteiger partial charge in [-0.25, -0.2) is 0 Å². The predicted molar refractivity (Wildman–Crippen MR) is 102 cm³/mol. The molecule has 0 aliphatic rings. The van der Waals surface area contributed by atoms with Gasteiger partial charge in [-0.15, -0.1) is 0 Å². The first-order valence-electron chi connectivity index (χ1n) is 9.44. The lowest BCUT2D eigenvalue weighted by Gasteiger charge is -2.23. The minimum atomic E-state index is 0.860. The molecule has 0 rings (SSSR count).